The van der Waals surface area contributed by atoms with Crippen LogP contribution in [0.4, 0.5) is 18.9 Å². The normalized spacial score (nSPS) is 35.8. The van der Waals surface area contributed by atoms with Gasteiger partial charge in [-0.2, -0.15) is 13.2 Å². The van der Waals surface area contributed by atoms with Gasteiger partial charge in [0, 0.05) is 5.92 Å². The number of ether oxygens (including phenoxy) is 1. The number of carbonyl (C=O) groups is 2. The van der Waals surface area contributed by atoms with E-state index in [0.717, 1.165) is 18.2 Å². The zero-order chi connectivity index (χ0) is 18.1. The summed E-state index contributed by atoms with van der Waals surface area (Å²) in [5.74, 6) is -2.18. The molecule has 1 heterocycles. The number of hydrogen-bond donors (Lipinski definition) is 1. The minimum Gasteiger partial charge on any atom is -0.461 e. The van der Waals surface area contributed by atoms with Crippen LogP contribution in [0, 0.1) is 23.7 Å². The number of nitrogens with one attached hydrogen (secondary N) is 1. The average molecular weight is 439 g/mol. The summed E-state index contributed by atoms with van der Waals surface area (Å²) in [4.78, 5) is 24.7. The maximum absolute atomic E-state index is 12.9. The van der Waals surface area contributed by atoms with E-state index in [1.54, 1.807) is 0 Å². The molecule has 1 saturated heterocycles. The van der Waals surface area contributed by atoms with Crippen LogP contribution in [0.15, 0.2) is 18.2 Å². The van der Waals surface area contributed by atoms with Crippen molar-refractivity contribution >= 4 is 45.1 Å². The second-order valence-electron chi connectivity index (χ2n) is 6.64. The summed E-state index contributed by atoms with van der Waals surface area (Å²) in [7, 11) is 0. The minimum absolute atomic E-state index is 0.00627. The molecule has 4 nitrogen and oxygen atoms in total. The second-order valence-corrected chi connectivity index (χ2v) is 8.11. The van der Waals surface area contributed by atoms with Crippen LogP contribution in [0.1, 0.15) is 12.0 Å². The summed E-state index contributed by atoms with van der Waals surface area (Å²) in [5, 5.41) is 2.48. The third-order valence-electron chi connectivity index (χ3n) is 5.38. The van der Waals surface area contributed by atoms with Gasteiger partial charge >= 0.3 is 12.1 Å². The van der Waals surface area contributed by atoms with Crippen LogP contribution in [0.5, 0.6) is 0 Å². The number of alkyl halides is 4. The topological polar surface area (TPSA) is 55.4 Å². The first-order valence-electron chi connectivity index (χ1n) is 7.70. The molecule has 2 saturated carbocycles. The SMILES string of the molecule is O=C(Nc1cc(C(F)(F)F)ccc1Cl)[C@@H]1[C@@H]2C[C@H]3[C@H](OC(=O)[C@@H]31)[C@@H]2Br. The Kier molecular flexibility index (Phi) is 3.85. The van der Waals surface area contributed by atoms with Gasteiger partial charge in [0.1, 0.15) is 6.10 Å². The molecule has 134 valence electrons. The third-order valence-corrected chi connectivity index (χ3v) is 6.91. The molecule has 1 aromatic rings. The fourth-order valence-electron chi connectivity index (χ4n) is 4.34. The molecule has 3 fully saturated rings. The Bertz CT molecular complexity index is 771. The molecule has 1 N–H and O–H groups in total. The fourth-order valence-corrected chi connectivity index (χ4v) is 5.55. The van der Waals surface area contributed by atoms with Crippen LogP contribution in [0.2, 0.25) is 5.02 Å². The molecule has 1 aliphatic heterocycles. The van der Waals surface area contributed by atoms with Crippen molar-refractivity contribution in [3.63, 3.8) is 0 Å². The summed E-state index contributed by atoms with van der Waals surface area (Å²) >= 11 is 9.42. The monoisotopic (exact) mass is 437 g/mol. The number of fused-ring (bicyclic) bond motifs is 1. The molecule has 6 atom stereocenters. The lowest BCUT2D eigenvalue weighted by Gasteiger charge is -2.27. The van der Waals surface area contributed by atoms with Gasteiger partial charge in [0.15, 0.2) is 0 Å². The molecule has 0 spiro atoms. The summed E-state index contributed by atoms with van der Waals surface area (Å²) in [6.45, 7) is 0. The highest BCUT2D eigenvalue weighted by Gasteiger charge is 2.67. The highest BCUT2D eigenvalue weighted by Crippen LogP contribution is 2.60. The number of anilines is 1. The predicted octanol–water partition coefficient (Wildman–Crippen LogP) is 3.87. The Morgan fingerprint density at radius 3 is 2.72 bits per heavy atom. The average Bonchev–Trinajstić information content (AvgIpc) is 3.12. The van der Waals surface area contributed by atoms with E-state index < -0.39 is 35.5 Å². The van der Waals surface area contributed by atoms with Crippen LogP contribution in [0.3, 0.4) is 0 Å². The van der Waals surface area contributed by atoms with Crippen LogP contribution in [0.25, 0.3) is 0 Å². The van der Waals surface area contributed by atoms with Gasteiger partial charge in [-0.15, -0.1) is 0 Å². The maximum Gasteiger partial charge on any atom is 0.416 e. The Hall–Kier alpha value is -1.28. The van der Waals surface area contributed by atoms with Gasteiger partial charge in [0.25, 0.3) is 0 Å². The summed E-state index contributed by atoms with van der Waals surface area (Å²) in [5.41, 5.74) is -1.02. The van der Waals surface area contributed by atoms with E-state index in [9.17, 15) is 22.8 Å². The molecule has 2 bridgehead atoms. The minimum atomic E-state index is -4.54. The lowest BCUT2D eigenvalue weighted by atomic mass is 9.79. The first-order chi connectivity index (χ1) is 11.7. The molecule has 3 aliphatic rings. The van der Waals surface area contributed by atoms with E-state index in [0.29, 0.717) is 6.42 Å². The number of esters is 1. The van der Waals surface area contributed by atoms with Crippen molar-refractivity contribution in [1.82, 2.24) is 0 Å². The van der Waals surface area contributed by atoms with Crippen LogP contribution < -0.4 is 5.32 Å². The number of amides is 1. The quantitative estimate of drug-likeness (QED) is 0.563. The first kappa shape index (κ1) is 17.1. The Morgan fingerprint density at radius 1 is 1.32 bits per heavy atom. The summed E-state index contributed by atoms with van der Waals surface area (Å²) in [6, 6.07) is 2.74. The molecule has 0 aromatic heterocycles. The third kappa shape index (κ3) is 2.56. The van der Waals surface area contributed by atoms with Gasteiger partial charge in [-0.3, -0.25) is 9.59 Å². The van der Waals surface area contributed by atoms with Crippen LogP contribution in [-0.4, -0.2) is 22.8 Å². The maximum atomic E-state index is 12.9. The van der Waals surface area contributed by atoms with Crippen molar-refractivity contribution in [2.45, 2.75) is 23.5 Å². The number of hydrogen-bond acceptors (Lipinski definition) is 3. The molecule has 1 aromatic carbocycles. The molecular formula is C16H12BrClF3NO3. The van der Waals surface area contributed by atoms with Crippen molar-refractivity contribution in [2.75, 3.05) is 5.32 Å². The highest BCUT2D eigenvalue weighted by molar-refractivity contribution is 9.09. The van der Waals surface area contributed by atoms with Crippen molar-refractivity contribution in [2.24, 2.45) is 23.7 Å². The van der Waals surface area contributed by atoms with Crippen LogP contribution in [-0.2, 0) is 20.5 Å². The molecule has 9 heteroatoms. The molecule has 4 rings (SSSR count). The molecule has 0 radical (unpaired) electrons. The van der Waals surface area contributed by atoms with E-state index in [2.05, 4.69) is 21.2 Å². The number of carbonyl (C=O) groups excluding carboxylic acids is 2. The number of halogens is 5. The van der Waals surface area contributed by atoms with Crippen molar-refractivity contribution < 1.29 is 27.5 Å². The predicted molar refractivity (Wildman–Crippen MR) is 86.3 cm³/mol. The molecule has 0 unspecified atom stereocenters. The molecule has 1 amide bonds. The summed E-state index contributed by atoms with van der Waals surface area (Å²) < 4.78 is 43.9. The highest BCUT2D eigenvalue weighted by atomic mass is 79.9. The van der Waals surface area contributed by atoms with Crippen molar-refractivity contribution in [3.8, 4) is 0 Å². The van der Waals surface area contributed by atoms with E-state index in [-0.39, 0.29) is 33.5 Å². The van der Waals surface area contributed by atoms with Crippen molar-refractivity contribution in [3.05, 3.63) is 28.8 Å². The van der Waals surface area contributed by atoms with Gasteiger partial charge in [0.05, 0.1) is 32.9 Å². The largest absolute Gasteiger partial charge is 0.461 e. The first-order valence-corrected chi connectivity index (χ1v) is 9.00. The second kappa shape index (κ2) is 5.61. The smallest absolute Gasteiger partial charge is 0.416 e. The lowest BCUT2D eigenvalue weighted by molar-refractivity contribution is -0.145. The standard InChI is InChI=1S/C16H12BrClF3NO3/c17-12-6-4-7-11(15(24)25-13(7)12)10(6)14(23)22-9-3-5(16(19,20)21)1-2-8(9)18/h1-3,6-7,10-13H,4H2,(H,22,23)/t6-,7+,10+,11-,12+,13-/m0/s1. The van der Waals surface area contributed by atoms with E-state index in [1.165, 1.54) is 0 Å². The lowest BCUT2D eigenvalue weighted by Crippen LogP contribution is -2.40. The van der Waals surface area contributed by atoms with Gasteiger partial charge in [-0.25, -0.2) is 0 Å². The van der Waals surface area contributed by atoms with Gasteiger partial charge in [-0.05, 0) is 30.5 Å². The zero-order valence-corrected chi connectivity index (χ0v) is 14.9. The van der Waals surface area contributed by atoms with E-state index >= 15 is 0 Å². The van der Waals surface area contributed by atoms with Gasteiger partial charge < -0.3 is 10.1 Å². The summed E-state index contributed by atoms with van der Waals surface area (Å²) in [6.07, 6.45) is -4.07. The Labute approximate surface area is 154 Å². The Morgan fingerprint density at radius 2 is 2.04 bits per heavy atom. The number of benzene rings is 1. The number of rotatable bonds is 2. The van der Waals surface area contributed by atoms with Crippen molar-refractivity contribution in [1.29, 1.82) is 0 Å². The molecular weight excluding hydrogens is 427 g/mol. The van der Waals surface area contributed by atoms with Crippen LogP contribution >= 0.6 is 27.5 Å². The Balaban J connectivity index is 1.60. The molecule has 2 aliphatic carbocycles. The van der Waals surface area contributed by atoms with E-state index in [1.807, 2.05) is 0 Å². The van der Waals surface area contributed by atoms with Gasteiger partial charge in [-0.1, -0.05) is 27.5 Å². The van der Waals surface area contributed by atoms with Gasteiger partial charge in [0.2, 0.25) is 5.91 Å². The molecule has 25 heavy (non-hydrogen) atoms. The zero-order valence-electron chi connectivity index (χ0n) is 12.5. The van der Waals surface area contributed by atoms with E-state index in [4.69, 9.17) is 16.3 Å². The fraction of sp³-hybridized carbons (Fsp3) is 0.500.